The number of nitrogens with zero attached hydrogens (tertiary/aromatic N) is 2. The van der Waals surface area contributed by atoms with Gasteiger partial charge in [-0.3, -0.25) is 14.5 Å². The third kappa shape index (κ3) is 3.98. The summed E-state index contributed by atoms with van der Waals surface area (Å²) in [6.45, 7) is 1.15. The van der Waals surface area contributed by atoms with Crippen LogP contribution < -0.4 is 10.6 Å². The molecular weight excluding hydrogens is 384 g/mol. The van der Waals surface area contributed by atoms with Crippen LogP contribution in [-0.4, -0.2) is 68.0 Å². The molecular formula is C19H23ClN4O4. The number of likely N-dealkylation sites (N-methyl/N-ethyl adjacent to an activating group) is 1. The number of amides is 4. The maximum Gasteiger partial charge on any atom is 0.322 e. The average molecular weight is 407 g/mol. The molecule has 0 unspecified atom stereocenters. The molecule has 0 bridgehead atoms. The molecule has 0 fully saturated rings. The lowest BCUT2D eigenvalue weighted by atomic mass is 9.96. The van der Waals surface area contributed by atoms with E-state index in [2.05, 4.69) is 10.6 Å². The van der Waals surface area contributed by atoms with Gasteiger partial charge in [-0.2, -0.15) is 0 Å². The first kappa shape index (κ1) is 20.2. The number of carbonyl (C=O) groups is 3. The Hall–Kier alpha value is -2.58. The van der Waals surface area contributed by atoms with E-state index in [0.717, 1.165) is 0 Å². The number of hydrogen-bond acceptors (Lipinski definition) is 4. The fraction of sp³-hybridized carbons (Fsp3) is 0.421. The summed E-state index contributed by atoms with van der Waals surface area (Å²) in [6, 6.07) is 6.12. The monoisotopic (exact) mass is 406 g/mol. The lowest BCUT2D eigenvalue weighted by Gasteiger charge is -2.31. The Morgan fingerprint density at radius 1 is 1.36 bits per heavy atom. The highest BCUT2D eigenvalue weighted by Gasteiger charge is 2.43. The molecule has 0 aromatic heterocycles. The van der Waals surface area contributed by atoms with E-state index in [0.29, 0.717) is 41.4 Å². The summed E-state index contributed by atoms with van der Waals surface area (Å²) in [7, 11) is 3.21. The Balaban J connectivity index is 1.77. The minimum atomic E-state index is -0.644. The van der Waals surface area contributed by atoms with Crippen LogP contribution in [0.5, 0.6) is 0 Å². The lowest BCUT2D eigenvalue weighted by molar-refractivity contribution is -0.131. The molecule has 4 amide bonds. The molecule has 2 N–H and O–H groups in total. The summed E-state index contributed by atoms with van der Waals surface area (Å²) in [5.41, 5.74) is 1.69. The fourth-order valence-electron chi connectivity index (χ4n) is 3.37. The minimum Gasteiger partial charge on any atom is -0.385 e. The lowest BCUT2D eigenvalue weighted by Crippen LogP contribution is -2.45. The molecule has 1 aromatic carbocycles. The van der Waals surface area contributed by atoms with Gasteiger partial charge in [0, 0.05) is 32.3 Å². The zero-order chi connectivity index (χ0) is 20.3. The second-order valence-electron chi connectivity index (χ2n) is 6.68. The number of hydrogen-bond donors (Lipinski definition) is 2. The number of methoxy groups -OCH3 is 1. The average Bonchev–Trinajstić information content (AvgIpc) is 2.99. The van der Waals surface area contributed by atoms with E-state index in [4.69, 9.17) is 16.3 Å². The van der Waals surface area contributed by atoms with Gasteiger partial charge in [-0.15, -0.1) is 0 Å². The Kier molecular flexibility index (Phi) is 6.21. The Morgan fingerprint density at radius 3 is 2.82 bits per heavy atom. The molecule has 1 aromatic rings. The molecule has 8 nitrogen and oxygen atoms in total. The molecule has 9 heteroatoms. The topological polar surface area (TPSA) is 91.0 Å². The summed E-state index contributed by atoms with van der Waals surface area (Å²) in [4.78, 5) is 40.5. The highest BCUT2D eigenvalue weighted by molar-refractivity contribution is 6.31. The Labute approximate surface area is 168 Å². The van der Waals surface area contributed by atoms with E-state index in [1.54, 1.807) is 38.4 Å². The molecule has 0 saturated carbocycles. The first-order valence-electron chi connectivity index (χ1n) is 9.00. The number of benzene rings is 1. The van der Waals surface area contributed by atoms with Crippen molar-refractivity contribution in [2.24, 2.45) is 0 Å². The summed E-state index contributed by atoms with van der Waals surface area (Å²) in [5, 5.41) is 6.06. The third-order valence-electron chi connectivity index (χ3n) is 4.83. The first-order valence-corrected chi connectivity index (χ1v) is 9.38. The van der Waals surface area contributed by atoms with Crippen molar-refractivity contribution in [3.8, 4) is 0 Å². The fourth-order valence-corrected chi connectivity index (χ4v) is 3.61. The van der Waals surface area contributed by atoms with E-state index >= 15 is 0 Å². The van der Waals surface area contributed by atoms with Crippen LogP contribution in [-0.2, 0) is 14.3 Å². The van der Waals surface area contributed by atoms with Gasteiger partial charge in [0.25, 0.3) is 5.91 Å². The number of carbonyl (C=O) groups excluding carboxylic acids is 3. The number of halogens is 1. The predicted molar refractivity (Wildman–Crippen MR) is 104 cm³/mol. The number of ether oxygens (including phenoxy) is 1. The zero-order valence-corrected chi connectivity index (χ0v) is 16.6. The second-order valence-corrected chi connectivity index (χ2v) is 7.09. The van der Waals surface area contributed by atoms with Crippen molar-refractivity contribution >= 4 is 29.4 Å². The van der Waals surface area contributed by atoms with Crippen molar-refractivity contribution in [2.75, 3.05) is 40.4 Å². The van der Waals surface area contributed by atoms with Gasteiger partial charge >= 0.3 is 6.03 Å². The van der Waals surface area contributed by atoms with Gasteiger partial charge in [-0.05, 0) is 18.1 Å². The largest absolute Gasteiger partial charge is 0.385 e. The van der Waals surface area contributed by atoms with Gasteiger partial charge in [-0.1, -0.05) is 29.8 Å². The molecule has 0 aliphatic carbocycles. The van der Waals surface area contributed by atoms with Crippen molar-refractivity contribution in [1.82, 2.24) is 20.4 Å². The number of urea groups is 1. The van der Waals surface area contributed by atoms with Crippen LogP contribution in [0.25, 0.3) is 0 Å². The SMILES string of the molecule is COCCCNC(=O)CN1CC2=C(C1=O)[C@@H](c1ccccc1Cl)NC(=O)N2C. The number of nitrogens with one attached hydrogen (secondary N) is 2. The summed E-state index contributed by atoms with van der Waals surface area (Å²) < 4.78 is 4.95. The van der Waals surface area contributed by atoms with Crippen molar-refractivity contribution in [3.05, 3.63) is 46.1 Å². The Morgan fingerprint density at radius 2 is 2.11 bits per heavy atom. The molecule has 0 saturated heterocycles. The first-order chi connectivity index (χ1) is 13.4. The smallest absolute Gasteiger partial charge is 0.322 e. The van der Waals surface area contributed by atoms with Crippen molar-refractivity contribution in [1.29, 1.82) is 0 Å². The molecule has 150 valence electrons. The van der Waals surface area contributed by atoms with Gasteiger partial charge in [0.15, 0.2) is 0 Å². The van der Waals surface area contributed by atoms with Crippen molar-refractivity contribution in [3.63, 3.8) is 0 Å². The van der Waals surface area contributed by atoms with E-state index in [-0.39, 0.29) is 30.9 Å². The van der Waals surface area contributed by atoms with Gasteiger partial charge in [0.2, 0.25) is 5.91 Å². The molecule has 0 radical (unpaired) electrons. The van der Waals surface area contributed by atoms with Crippen LogP contribution in [0.15, 0.2) is 35.5 Å². The van der Waals surface area contributed by atoms with Crippen LogP contribution in [0, 0.1) is 0 Å². The second kappa shape index (κ2) is 8.62. The van der Waals surface area contributed by atoms with Crippen LogP contribution in [0.3, 0.4) is 0 Å². The third-order valence-corrected chi connectivity index (χ3v) is 5.18. The number of rotatable bonds is 7. The van der Waals surface area contributed by atoms with Crippen LogP contribution in [0.2, 0.25) is 5.02 Å². The molecule has 2 heterocycles. The maximum atomic E-state index is 13.0. The highest BCUT2D eigenvalue weighted by atomic mass is 35.5. The van der Waals surface area contributed by atoms with Crippen LogP contribution in [0.1, 0.15) is 18.0 Å². The molecule has 0 spiro atoms. The van der Waals surface area contributed by atoms with Crippen LogP contribution in [0.4, 0.5) is 4.79 Å². The van der Waals surface area contributed by atoms with E-state index in [9.17, 15) is 14.4 Å². The normalized spacial score (nSPS) is 19.0. The molecule has 1 atom stereocenters. The Bertz CT molecular complexity index is 826. The molecule has 28 heavy (non-hydrogen) atoms. The molecule has 2 aliphatic heterocycles. The zero-order valence-electron chi connectivity index (χ0n) is 15.8. The van der Waals surface area contributed by atoms with Gasteiger partial charge < -0.3 is 20.3 Å². The maximum absolute atomic E-state index is 13.0. The molecule has 3 rings (SSSR count). The van der Waals surface area contributed by atoms with Gasteiger partial charge in [-0.25, -0.2) is 4.79 Å². The highest BCUT2D eigenvalue weighted by Crippen LogP contribution is 2.37. The predicted octanol–water partition coefficient (Wildman–Crippen LogP) is 1.29. The van der Waals surface area contributed by atoms with Crippen molar-refractivity contribution in [2.45, 2.75) is 12.5 Å². The molecule has 2 aliphatic rings. The van der Waals surface area contributed by atoms with E-state index < -0.39 is 6.04 Å². The standard InChI is InChI=1S/C19H23ClN4O4/c1-23-14-10-24(11-15(25)21-8-5-9-28-2)18(26)16(14)17(22-19(23)27)12-6-3-4-7-13(12)20/h3-4,6-7,17H,5,8-11H2,1-2H3,(H,21,25)(H,22,27)/t17-/m1/s1. The minimum absolute atomic E-state index is 0.0733. The van der Waals surface area contributed by atoms with Gasteiger partial charge in [0.1, 0.15) is 6.54 Å². The van der Waals surface area contributed by atoms with Gasteiger partial charge in [0.05, 0.1) is 23.9 Å². The summed E-state index contributed by atoms with van der Waals surface area (Å²) in [5.74, 6) is -0.528. The van der Waals surface area contributed by atoms with E-state index in [1.807, 2.05) is 0 Å². The summed E-state index contributed by atoms with van der Waals surface area (Å²) >= 11 is 6.30. The quantitative estimate of drug-likeness (QED) is 0.667. The van der Waals surface area contributed by atoms with Crippen LogP contribution >= 0.6 is 11.6 Å². The van der Waals surface area contributed by atoms with E-state index in [1.165, 1.54) is 9.80 Å². The summed E-state index contributed by atoms with van der Waals surface area (Å²) in [6.07, 6.45) is 0.695. The van der Waals surface area contributed by atoms with Crippen molar-refractivity contribution < 1.29 is 19.1 Å².